The Morgan fingerprint density at radius 2 is 1.84 bits per heavy atom. The molecular weight excluding hydrogens is 699 g/mol. The van der Waals surface area contributed by atoms with E-state index in [-0.39, 0.29) is 29.6 Å². The lowest BCUT2D eigenvalue weighted by Gasteiger charge is -2.18. The van der Waals surface area contributed by atoms with Crippen LogP contribution >= 0.6 is 0 Å². The first-order valence-electron chi connectivity index (χ1n) is 18.6. The van der Waals surface area contributed by atoms with Crippen LogP contribution < -0.4 is 15.5 Å². The lowest BCUT2D eigenvalue weighted by molar-refractivity contribution is -0.107. The Kier molecular flexibility index (Phi) is 12.0. The Morgan fingerprint density at radius 3 is 2.55 bits per heavy atom. The summed E-state index contributed by atoms with van der Waals surface area (Å²) in [4.78, 5) is 47.8. The van der Waals surface area contributed by atoms with Gasteiger partial charge in [0.05, 0.1) is 16.7 Å². The second-order valence-electron chi connectivity index (χ2n) is 14.7. The van der Waals surface area contributed by atoms with Crippen LogP contribution in [0.3, 0.4) is 0 Å². The minimum atomic E-state index is -0.357. The van der Waals surface area contributed by atoms with Gasteiger partial charge in [0.25, 0.3) is 11.7 Å². The summed E-state index contributed by atoms with van der Waals surface area (Å²) in [6.45, 7) is 12.1. The van der Waals surface area contributed by atoms with Crippen LogP contribution in [0.4, 0.5) is 10.6 Å². The number of aromatic nitrogens is 7. The number of carbonyl (C=O) groups is 3. The number of rotatable bonds is 11. The van der Waals surface area contributed by atoms with Gasteiger partial charge in [-0.15, -0.1) is 0 Å². The predicted molar refractivity (Wildman–Crippen MR) is 210 cm³/mol. The molecule has 288 valence electrons. The van der Waals surface area contributed by atoms with Gasteiger partial charge in [0.2, 0.25) is 5.89 Å². The topological polar surface area (TPSA) is 169 Å². The van der Waals surface area contributed by atoms with Gasteiger partial charge >= 0.3 is 6.03 Å². The van der Waals surface area contributed by atoms with E-state index in [0.29, 0.717) is 24.8 Å². The van der Waals surface area contributed by atoms with Gasteiger partial charge in [-0.05, 0) is 80.2 Å². The quantitative estimate of drug-likeness (QED) is 0.167. The molecule has 1 fully saturated rings. The van der Waals surface area contributed by atoms with Crippen LogP contribution in [0, 0.1) is 6.92 Å². The number of likely N-dealkylation sites (tertiary alicyclic amines) is 1. The van der Waals surface area contributed by atoms with E-state index in [9.17, 15) is 14.4 Å². The highest BCUT2D eigenvalue weighted by molar-refractivity contribution is 6.01. The third-order valence-electron chi connectivity index (χ3n) is 9.63. The molecular formula is C40H49N11O4. The molecule has 0 unspecified atom stereocenters. The molecule has 0 saturated carbocycles. The Balaban J connectivity index is 0.000000228. The van der Waals surface area contributed by atoms with Crippen LogP contribution in [-0.4, -0.2) is 90.9 Å². The summed E-state index contributed by atoms with van der Waals surface area (Å²) < 4.78 is 8.87. The van der Waals surface area contributed by atoms with E-state index in [2.05, 4.69) is 59.2 Å². The summed E-state index contributed by atoms with van der Waals surface area (Å²) in [5.74, 6) is 0.699. The number of aryl methyl sites for hydroxylation is 2. The van der Waals surface area contributed by atoms with Crippen molar-refractivity contribution in [2.75, 3.05) is 38.1 Å². The molecule has 6 aromatic rings. The number of carbonyl (C=O) groups excluding carboxylic acids is 3. The molecule has 1 saturated heterocycles. The van der Waals surface area contributed by atoms with E-state index in [4.69, 9.17) is 4.52 Å². The SMILES string of the molecule is CNC(=O)N(CCC=O)c1nn(C)c2ccccc12.Cc1cc(-c2ncnn3cc(CCN4CCCC4)cc23)ccc1CNC(=O)c1noc(C(C)(C)C)n1. The first-order valence-corrected chi connectivity index (χ1v) is 18.6. The smallest absolute Gasteiger partial charge is 0.322 e. The lowest BCUT2D eigenvalue weighted by Crippen LogP contribution is -2.39. The van der Waals surface area contributed by atoms with Gasteiger partial charge < -0.3 is 24.9 Å². The van der Waals surface area contributed by atoms with Crippen LogP contribution in [0.25, 0.3) is 27.7 Å². The maximum absolute atomic E-state index is 12.5. The number of fused-ring (bicyclic) bond motifs is 2. The van der Waals surface area contributed by atoms with Crippen LogP contribution in [0.5, 0.6) is 0 Å². The summed E-state index contributed by atoms with van der Waals surface area (Å²) in [5, 5.41) is 19.0. The number of hydrogen-bond donors (Lipinski definition) is 2. The summed E-state index contributed by atoms with van der Waals surface area (Å²) >= 11 is 0. The average molecular weight is 748 g/mol. The van der Waals surface area contributed by atoms with Crippen molar-refractivity contribution >= 4 is 40.5 Å². The maximum Gasteiger partial charge on any atom is 0.322 e. The van der Waals surface area contributed by atoms with Gasteiger partial charge in [-0.25, -0.2) is 14.3 Å². The first-order chi connectivity index (χ1) is 26.5. The molecule has 0 radical (unpaired) electrons. The Hall–Kier alpha value is -5.96. The fourth-order valence-corrected chi connectivity index (χ4v) is 6.57. The third kappa shape index (κ3) is 9.06. The Labute approximate surface area is 320 Å². The molecule has 0 atom stereocenters. The van der Waals surface area contributed by atoms with E-state index in [1.165, 1.54) is 36.4 Å². The van der Waals surface area contributed by atoms with Crippen molar-refractivity contribution in [3.05, 3.63) is 89.5 Å². The number of nitrogens with one attached hydrogen (secondary N) is 2. The van der Waals surface area contributed by atoms with Crippen molar-refractivity contribution in [1.29, 1.82) is 0 Å². The van der Waals surface area contributed by atoms with Crippen LogP contribution in [0.2, 0.25) is 0 Å². The second-order valence-corrected chi connectivity index (χ2v) is 14.7. The fraction of sp³-hybridized carbons (Fsp3) is 0.400. The molecule has 4 aromatic heterocycles. The molecule has 55 heavy (non-hydrogen) atoms. The number of nitrogens with zero attached hydrogens (tertiary/aromatic N) is 9. The van der Waals surface area contributed by atoms with Crippen LogP contribution in [0.1, 0.15) is 73.2 Å². The van der Waals surface area contributed by atoms with Crippen molar-refractivity contribution in [3.63, 3.8) is 0 Å². The van der Waals surface area contributed by atoms with Crippen LogP contribution in [0.15, 0.2) is 65.6 Å². The van der Waals surface area contributed by atoms with Gasteiger partial charge in [-0.2, -0.15) is 15.2 Å². The average Bonchev–Trinajstić information content (AvgIpc) is 4.01. The highest BCUT2D eigenvalue weighted by atomic mass is 16.5. The molecule has 0 spiro atoms. The first kappa shape index (κ1) is 38.8. The van der Waals surface area contributed by atoms with Crippen molar-refractivity contribution in [2.45, 2.75) is 65.3 Å². The highest BCUT2D eigenvalue weighted by Gasteiger charge is 2.24. The maximum atomic E-state index is 12.5. The number of benzene rings is 2. The minimum Gasteiger partial charge on any atom is -0.345 e. The zero-order chi connectivity index (χ0) is 39.1. The molecule has 1 aliphatic rings. The van der Waals surface area contributed by atoms with E-state index in [1.54, 1.807) is 18.1 Å². The van der Waals surface area contributed by atoms with Gasteiger partial charge in [0, 0.05) is 62.7 Å². The van der Waals surface area contributed by atoms with Crippen molar-refractivity contribution < 1.29 is 18.9 Å². The van der Waals surface area contributed by atoms with Crippen molar-refractivity contribution in [2.24, 2.45) is 7.05 Å². The summed E-state index contributed by atoms with van der Waals surface area (Å²) in [6, 6.07) is 15.8. The summed E-state index contributed by atoms with van der Waals surface area (Å²) in [7, 11) is 3.38. The third-order valence-corrected chi connectivity index (χ3v) is 9.63. The van der Waals surface area contributed by atoms with Gasteiger partial charge in [-0.1, -0.05) is 50.2 Å². The molecule has 15 nitrogen and oxygen atoms in total. The number of hydrogen-bond acceptors (Lipinski definition) is 10. The summed E-state index contributed by atoms with van der Waals surface area (Å²) in [5.41, 5.74) is 6.91. The van der Waals surface area contributed by atoms with E-state index in [0.717, 1.165) is 58.1 Å². The van der Waals surface area contributed by atoms with E-state index >= 15 is 0 Å². The van der Waals surface area contributed by atoms with Gasteiger partial charge in [0.1, 0.15) is 12.6 Å². The van der Waals surface area contributed by atoms with E-state index in [1.807, 2.05) is 75.7 Å². The number of urea groups is 1. The molecule has 0 aliphatic carbocycles. The van der Waals surface area contributed by atoms with Crippen molar-refractivity contribution in [1.82, 2.24) is 50.1 Å². The van der Waals surface area contributed by atoms with Crippen LogP contribution in [-0.2, 0) is 30.2 Å². The summed E-state index contributed by atoms with van der Waals surface area (Å²) in [6.07, 6.45) is 8.41. The zero-order valence-corrected chi connectivity index (χ0v) is 32.4. The molecule has 1 aliphatic heterocycles. The van der Waals surface area contributed by atoms with E-state index < -0.39 is 0 Å². The molecule has 2 N–H and O–H groups in total. The molecule has 2 aromatic carbocycles. The van der Waals surface area contributed by atoms with Crippen molar-refractivity contribution in [3.8, 4) is 11.3 Å². The lowest BCUT2D eigenvalue weighted by atomic mass is 9.97. The number of anilines is 1. The molecule has 15 heteroatoms. The van der Waals surface area contributed by atoms with Gasteiger partial charge in [0.15, 0.2) is 5.82 Å². The molecule has 5 heterocycles. The minimum absolute atomic E-state index is 0.0475. The Bertz CT molecular complexity index is 2280. The largest absolute Gasteiger partial charge is 0.345 e. The Morgan fingerprint density at radius 1 is 1.05 bits per heavy atom. The number of para-hydroxylation sites is 1. The number of aldehydes is 1. The fourth-order valence-electron chi connectivity index (χ4n) is 6.57. The molecule has 0 bridgehead atoms. The standard InChI is InChI=1S/C27H33N7O2.C13H16N4O2/c1-18-13-20(7-8-21(18)15-28-25(35)24-31-26(36-32-24)27(2,3)4)23-22-14-19(16-34(22)30-17-29-23)9-12-33-10-5-6-11-33;1-14-13(19)17(8-5-9-18)12-10-6-3-4-7-11(10)16(2)15-12/h7-8,13-14,16-17H,5-6,9-12,15H2,1-4H3,(H,28,35);3-4,6-7,9H,5,8H2,1-2H3,(H,14,19). The monoisotopic (exact) mass is 747 g/mol. The zero-order valence-electron chi connectivity index (χ0n) is 32.4. The second kappa shape index (κ2) is 17.0. The normalized spacial score (nSPS) is 13.1. The van der Waals surface area contributed by atoms with Gasteiger partial charge in [-0.3, -0.25) is 14.4 Å². The molecule has 7 rings (SSSR count). The highest BCUT2D eigenvalue weighted by Crippen LogP contribution is 2.27. The molecule has 3 amide bonds. The predicted octanol–water partition coefficient (Wildman–Crippen LogP) is 5.26. The number of amides is 3.